The lowest BCUT2D eigenvalue weighted by molar-refractivity contribution is -0.163. The molecule has 0 aliphatic rings. The summed E-state index contributed by atoms with van der Waals surface area (Å²) in [4.78, 5) is 11.6. The van der Waals surface area contributed by atoms with Crippen molar-refractivity contribution in [3.8, 4) is 0 Å². The predicted molar refractivity (Wildman–Crippen MR) is 55.9 cm³/mol. The van der Waals surface area contributed by atoms with Gasteiger partial charge in [0.05, 0.1) is 12.0 Å². The van der Waals surface area contributed by atoms with Crippen molar-refractivity contribution in [3.63, 3.8) is 0 Å². The molecule has 0 aliphatic carbocycles. The molecule has 0 radical (unpaired) electrons. The van der Waals surface area contributed by atoms with Gasteiger partial charge in [0.15, 0.2) is 0 Å². The average Bonchev–Trinajstić information content (AvgIpc) is 1.95. The first-order chi connectivity index (χ1) is 6.28. The van der Waals surface area contributed by atoms with E-state index in [9.17, 15) is 9.90 Å². The Morgan fingerprint density at radius 3 is 2.21 bits per heavy atom. The molecule has 0 aromatic heterocycles. The van der Waals surface area contributed by atoms with Crippen LogP contribution in [0.2, 0.25) is 0 Å². The van der Waals surface area contributed by atoms with Gasteiger partial charge in [-0.2, -0.15) is 0 Å². The van der Waals surface area contributed by atoms with Crippen molar-refractivity contribution in [3.05, 3.63) is 0 Å². The molecular weight excluding hydrogens is 180 g/mol. The molecule has 3 nitrogen and oxygen atoms in total. The molecule has 84 valence electrons. The van der Waals surface area contributed by atoms with E-state index < -0.39 is 11.7 Å². The molecule has 1 N–H and O–H groups in total. The quantitative estimate of drug-likeness (QED) is 0.710. The molecule has 0 aromatic carbocycles. The zero-order valence-corrected chi connectivity index (χ0v) is 9.83. The van der Waals surface area contributed by atoms with E-state index in [1.165, 1.54) is 0 Å². The van der Waals surface area contributed by atoms with Crippen LogP contribution in [-0.4, -0.2) is 22.8 Å². The first-order valence-electron chi connectivity index (χ1n) is 5.19. The van der Waals surface area contributed by atoms with E-state index in [1.54, 1.807) is 6.92 Å². The second-order valence-corrected chi connectivity index (χ2v) is 4.67. The monoisotopic (exact) mass is 202 g/mol. The maximum absolute atomic E-state index is 11.6. The van der Waals surface area contributed by atoms with Gasteiger partial charge in [-0.3, -0.25) is 4.79 Å². The highest BCUT2D eigenvalue weighted by Gasteiger charge is 2.27. The summed E-state index contributed by atoms with van der Waals surface area (Å²) in [6.45, 7) is 9.10. The molecular formula is C11H22O3. The Morgan fingerprint density at radius 2 is 1.93 bits per heavy atom. The Hall–Kier alpha value is -0.570. The van der Waals surface area contributed by atoms with Gasteiger partial charge in [-0.1, -0.05) is 13.3 Å². The minimum atomic E-state index is -0.634. The fourth-order valence-electron chi connectivity index (χ4n) is 1.24. The van der Waals surface area contributed by atoms with E-state index in [1.807, 2.05) is 27.7 Å². The molecule has 14 heavy (non-hydrogen) atoms. The molecule has 0 saturated carbocycles. The van der Waals surface area contributed by atoms with Crippen LogP contribution in [0.4, 0.5) is 0 Å². The third kappa shape index (κ3) is 5.22. The highest BCUT2D eigenvalue weighted by atomic mass is 16.6. The van der Waals surface area contributed by atoms with Gasteiger partial charge < -0.3 is 9.84 Å². The number of aliphatic hydroxyl groups is 1. The third-order valence-corrected chi connectivity index (χ3v) is 1.89. The number of ether oxygens (including phenoxy) is 1. The molecule has 1 unspecified atom stereocenters. The molecule has 0 amide bonds. The first kappa shape index (κ1) is 13.4. The van der Waals surface area contributed by atoms with Crippen molar-refractivity contribution >= 4 is 5.97 Å². The lowest BCUT2D eigenvalue weighted by Gasteiger charge is -2.25. The van der Waals surface area contributed by atoms with E-state index in [2.05, 4.69) is 0 Å². The van der Waals surface area contributed by atoms with Gasteiger partial charge in [-0.15, -0.1) is 0 Å². The summed E-state index contributed by atoms with van der Waals surface area (Å²) in [5.74, 6) is -0.687. The summed E-state index contributed by atoms with van der Waals surface area (Å²) in [6.07, 6.45) is 0.909. The number of hydrogen-bond donors (Lipinski definition) is 1. The van der Waals surface area contributed by atoms with Crippen LogP contribution in [-0.2, 0) is 9.53 Å². The topological polar surface area (TPSA) is 46.5 Å². The second-order valence-electron chi connectivity index (χ2n) is 4.67. The first-order valence-corrected chi connectivity index (χ1v) is 5.19. The number of aliphatic hydroxyl groups excluding tert-OH is 1. The van der Waals surface area contributed by atoms with E-state index in [0.29, 0.717) is 6.42 Å². The van der Waals surface area contributed by atoms with Gasteiger partial charge in [0.25, 0.3) is 0 Å². The summed E-state index contributed by atoms with van der Waals surface area (Å²) in [5.41, 5.74) is -0.474. The van der Waals surface area contributed by atoms with E-state index in [0.717, 1.165) is 6.42 Å². The van der Waals surface area contributed by atoms with Gasteiger partial charge in [0.2, 0.25) is 0 Å². The maximum Gasteiger partial charge on any atom is 0.312 e. The van der Waals surface area contributed by atoms with E-state index in [4.69, 9.17) is 4.74 Å². The summed E-state index contributed by atoms with van der Waals surface area (Å²) in [6, 6.07) is 0. The molecule has 3 heteroatoms. The Labute approximate surface area is 86.5 Å². The smallest absolute Gasteiger partial charge is 0.312 e. The van der Waals surface area contributed by atoms with Crippen molar-refractivity contribution in [2.24, 2.45) is 5.92 Å². The third-order valence-electron chi connectivity index (χ3n) is 1.89. The fraction of sp³-hybridized carbons (Fsp3) is 0.909. The van der Waals surface area contributed by atoms with Crippen molar-refractivity contribution in [2.45, 2.75) is 59.2 Å². The molecule has 0 rings (SSSR count). The van der Waals surface area contributed by atoms with Crippen LogP contribution < -0.4 is 0 Å². The lowest BCUT2D eigenvalue weighted by Crippen LogP contribution is -2.33. The second kappa shape index (κ2) is 5.35. The van der Waals surface area contributed by atoms with E-state index in [-0.39, 0.29) is 11.9 Å². The zero-order chi connectivity index (χ0) is 11.4. The van der Waals surface area contributed by atoms with Crippen LogP contribution in [0, 0.1) is 5.92 Å². The number of carbonyl (C=O) groups is 1. The molecule has 0 heterocycles. The summed E-state index contributed by atoms with van der Waals surface area (Å²) >= 11 is 0. The number of esters is 1. The maximum atomic E-state index is 11.6. The van der Waals surface area contributed by atoms with Crippen LogP contribution in [0.5, 0.6) is 0 Å². The molecule has 0 aromatic rings. The Bertz CT molecular complexity index is 179. The molecule has 0 saturated heterocycles. The Morgan fingerprint density at radius 1 is 1.43 bits per heavy atom. The largest absolute Gasteiger partial charge is 0.460 e. The van der Waals surface area contributed by atoms with Crippen molar-refractivity contribution in [1.29, 1.82) is 0 Å². The van der Waals surface area contributed by atoms with Crippen molar-refractivity contribution < 1.29 is 14.6 Å². The number of hydrogen-bond acceptors (Lipinski definition) is 3. The van der Waals surface area contributed by atoms with Gasteiger partial charge >= 0.3 is 5.97 Å². The van der Waals surface area contributed by atoms with E-state index >= 15 is 0 Å². The SMILES string of the molecule is CCCC(C(=O)OC(C)(C)C)[C@H](C)O. The standard InChI is InChI=1S/C11H22O3/c1-6-7-9(8(2)12)10(13)14-11(3,4)5/h8-9,12H,6-7H2,1-5H3/t8-,9?/m0/s1. The number of carbonyl (C=O) groups excluding carboxylic acids is 1. The van der Waals surface area contributed by atoms with Crippen LogP contribution >= 0.6 is 0 Å². The Kier molecular flexibility index (Phi) is 5.13. The minimum absolute atomic E-state index is 0.297. The van der Waals surface area contributed by atoms with Gasteiger partial charge in [0, 0.05) is 0 Å². The van der Waals surface area contributed by atoms with Crippen LogP contribution in [0.3, 0.4) is 0 Å². The normalized spacial score (nSPS) is 16.1. The zero-order valence-electron chi connectivity index (χ0n) is 9.83. The summed E-state index contributed by atoms with van der Waals surface area (Å²) in [7, 11) is 0. The lowest BCUT2D eigenvalue weighted by atomic mass is 9.98. The summed E-state index contributed by atoms with van der Waals surface area (Å²) < 4.78 is 5.21. The van der Waals surface area contributed by atoms with Crippen LogP contribution in [0.25, 0.3) is 0 Å². The predicted octanol–water partition coefficient (Wildman–Crippen LogP) is 2.13. The van der Waals surface area contributed by atoms with Crippen molar-refractivity contribution in [2.75, 3.05) is 0 Å². The van der Waals surface area contributed by atoms with Crippen molar-refractivity contribution in [1.82, 2.24) is 0 Å². The molecule has 0 spiro atoms. The molecule has 0 fully saturated rings. The highest BCUT2D eigenvalue weighted by Crippen LogP contribution is 2.17. The minimum Gasteiger partial charge on any atom is -0.460 e. The highest BCUT2D eigenvalue weighted by molar-refractivity contribution is 5.73. The average molecular weight is 202 g/mol. The number of rotatable bonds is 4. The molecule has 2 atom stereocenters. The van der Waals surface area contributed by atoms with Crippen LogP contribution in [0.1, 0.15) is 47.5 Å². The van der Waals surface area contributed by atoms with Crippen LogP contribution in [0.15, 0.2) is 0 Å². The van der Waals surface area contributed by atoms with Gasteiger partial charge in [0.1, 0.15) is 5.60 Å². The summed E-state index contributed by atoms with van der Waals surface area (Å²) in [5, 5.41) is 9.41. The fourth-order valence-corrected chi connectivity index (χ4v) is 1.24. The Balaban J connectivity index is 4.30. The van der Waals surface area contributed by atoms with Gasteiger partial charge in [-0.25, -0.2) is 0 Å². The van der Waals surface area contributed by atoms with Gasteiger partial charge in [-0.05, 0) is 34.1 Å². The molecule has 0 bridgehead atoms. The molecule has 0 aliphatic heterocycles.